The van der Waals surface area contributed by atoms with Crippen molar-refractivity contribution in [1.82, 2.24) is 5.01 Å². The molecule has 3 fully saturated rings. The fourth-order valence-electron chi connectivity index (χ4n) is 9.15. The lowest BCUT2D eigenvalue weighted by Crippen LogP contribution is -2.53. The molecule has 11 heteroatoms. The van der Waals surface area contributed by atoms with Crippen LogP contribution in [-0.4, -0.2) is 40.4 Å². The van der Waals surface area contributed by atoms with Crippen LogP contribution < -0.4 is 15.1 Å². The second-order valence-corrected chi connectivity index (χ2v) is 14.5. The van der Waals surface area contributed by atoms with E-state index in [0.29, 0.717) is 27.5 Å². The molecule has 6 unspecified atom stereocenters. The number of carbonyl (C=O) groups is 4. The third-order valence-electron chi connectivity index (χ3n) is 11.5. The molecule has 4 amide bonds. The normalized spacial score (nSPS) is 26.3. The molecule has 2 saturated heterocycles. The summed E-state index contributed by atoms with van der Waals surface area (Å²) in [5.74, 6) is -5.87. The Morgan fingerprint density at radius 1 is 0.887 bits per heavy atom. The Hall–Kier alpha value is -5.48. The second kappa shape index (κ2) is 13.2. The maximum atomic E-state index is 15.3. The van der Waals surface area contributed by atoms with Crippen molar-refractivity contribution in [2.45, 2.75) is 44.4 Å². The van der Waals surface area contributed by atoms with Gasteiger partial charge in [0.25, 0.3) is 11.8 Å². The number of allylic oxidation sites excluding steroid dienone is 2. The average Bonchev–Trinajstić information content (AvgIpc) is 3.54. The third-order valence-corrected chi connectivity index (χ3v) is 11.7. The highest BCUT2D eigenvalue weighted by molar-refractivity contribution is 6.30. The van der Waals surface area contributed by atoms with E-state index in [4.69, 9.17) is 16.3 Å². The van der Waals surface area contributed by atoms with Crippen LogP contribution in [0.4, 0.5) is 15.8 Å². The summed E-state index contributed by atoms with van der Waals surface area (Å²) in [5, 5.41) is 12.2. The highest BCUT2D eigenvalue weighted by Gasteiger charge is 2.70. The fourth-order valence-corrected chi connectivity index (χ4v) is 9.27. The Kier molecular flexibility index (Phi) is 8.60. The van der Waals surface area contributed by atoms with Crippen molar-refractivity contribution in [3.8, 4) is 11.5 Å². The van der Waals surface area contributed by atoms with E-state index in [0.717, 1.165) is 22.6 Å². The molecule has 6 atom stereocenters. The number of halogens is 2. The van der Waals surface area contributed by atoms with Gasteiger partial charge < -0.3 is 9.84 Å². The number of nitrogens with zero attached hydrogens (tertiary/aromatic N) is 2. The highest BCUT2D eigenvalue weighted by Crippen LogP contribution is 2.64. The van der Waals surface area contributed by atoms with Crippen LogP contribution in [-0.2, 0) is 31.0 Å². The molecule has 2 aliphatic carbocycles. The number of phenolic OH excluding ortho intramolecular Hbond substituents is 1. The van der Waals surface area contributed by atoms with Crippen LogP contribution in [0.5, 0.6) is 11.5 Å². The molecule has 0 aromatic heterocycles. The number of anilines is 2. The lowest BCUT2D eigenvalue weighted by atomic mass is 9.49. The average molecular weight is 734 g/mol. The molecule has 0 spiro atoms. The van der Waals surface area contributed by atoms with Crippen LogP contribution in [0.1, 0.15) is 49.3 Å². The first-order chi connectivity index (χ1) is 25.6. The van der Waals surface area contributed by atoms with Crippen molar-refractivity contribution in [2.75, 3.05) is 16.9 Å². The largest absolute Gasteiger partial charge is 0.504 e. The Balaban J connectivity index is 1.32. The molecule has 1 saturated carbocycles. The van der Waals surface area contributed by atoms with Gasteiger partial charge in [-0.1, -0.05) is 60.5 Å². The van der Waals surface area contributed by atoms with Gasteiger partial charge in [0.05, 0.1) is 41.2 Å². The number of hydrogen-bond acceptors (Lipinski definition) is 7. The minimum Gasteiger partial charge on any atom is -0.504 e. The molecular weight excluding hydrogens is 697 g/mol. The number of hydrazine groups is 1. The second-order valence-electron chi connectivity index (χ2n) is 14.1. The van der Waals surface area contributed by atoms with E-state index in [1.54, 1.807) is 55.5 Å². The fraction of sp³-hybridized carbons (Fsp3) is 0.286. The number of benzene rings is 4. The topological polar surface area (TPSA) is 116 Å². The molecule has 2 N–H and O–H groups in total. The summed E-state index contributed by atoms with van der Waals surface area (Å²) >= 11 is 6.38. The summed E-state index contributed by atoms with van der Waals surface area (Å²) in [5.41, 5.74) is 5.20. The van der Waals surface area contributed by atoms with Gasteiger partial charge in [0, 0.05) is 10.9 Å². The van der Waals surface area contributed by atoms with Crippen molar-refractivity contribution < 1.29 is 33.4 Å². The standard InChI is InChI=1S/C42H37ClFN3O6/c1-3-23-5-16-29(17-6-23)46-38(49)31-19-18-30-32(36(31)40(46)51)22-33-39(50)47(45-28-14-12-27(44)13-15-28)41(52)42(33,25-8-10-26(43)11-9-25)37(30)24-7-20-34(48)35(21-24)53-4-2/h5-18,20-21,31-33,36-37,45,48H,3-4,19,22H2,1-2H3. The SMILES string of the molecule is CCOc1cc(C2C3=CCC4C(=O)N(c5ccc(CC)cc5)C(=O)C4C3CC3C(=O)N(Nc4ccc(F)cc4)C(=O)C32c2ccc(Cl)cc2)ccc1O. The van der Waals surface area contributed by atoms with Crippen molar-refractivity contribution in [3.05, 3.63) is 130 Å². The van der Waals surface area contributed by atoms with E-state index in [1.165, 1.54) is 35.2 Å². The summed E-state index contributed by atoms with van der Waals surface area (Å²) in [6.45, 7) is 4.09. The Morgan fingerprint density at radius 3 is 2.28 bits per heavy atom. The molecular formula is C42H37ClFN3O6. The van der Waals surface area contributed by atoms with Gasteiger partial charge in [0.2, 0.25) is 11.8 Å². The van der Waals surface area contributed by atoms with Crippen molar-refractivity contribution in [2.24, 2.45) is 23.7 Å². The summed E-state index contributed by atoms with van der Waals surface area (Å²) in [6.07, 6.45) is 3.15. The first-order valence-electron chi connectivity index (χ1n) is 17.9. The third kappa shape index (κ3) is 5.33. The number of amides is 4. The van der Waals surface area contributed by atoms with E-state index >= 15 is 4.79 Å². The minimum atomic E-state index is -1.55. The summed E-state index contributed by atoms with van der Waals surface area (Å²) in [4.78, 5) is 60.0. The number of phenols is 1. The molecule has 9 nitrogen and oxygen atoms in total. The Morgan fingerprint density at radius 2 is 1.60 bits per heavy atom. The van der Waals surface area contributed by atoms with Crippen molar-refractivity contribution in [3.63, 3.8) is 0 Å². The molecule has 270 valence electrons. The molecule has 2 aliphatic heterocycles. The first kappa shape index (κ1) is 34.6. The van der Waals surface area contributed by atoms with Crippen LogP contribution in [0.2, 0.25) is 5.02 Å². The number of fused-ring (bicyclic) bond motifs is 4. The summed E-state index contributed by atoms with van der Waals surface area (Å²) in [7, 11) is 0. The molecule has 4 aromatic rings. The number of ether oxygens (including phenoxy) is 1. The van der Waals surface area contributed by atoms with Crippen LogP contribution in [0.25, 0.3) is 0 Å². The molecule has 0 bridgehead atoms. The maximum Gasteiger partial charge on any atom is 0.260 e. The maximum absolute atomic E-state index is 15.3. The number of rotatable bonds is 8. The smallest absolute Gasteiger partial charge is 0.260 e. The summed E-state index contributed by atoms with van der Waals surface area (Å²) < 4.78 is 19.7. The Labute approximate surface area is 311 Å². The molecule has 2 heterocycles. The van der Waals surface area contributed by atoms with E-state index in [2.05, 4.69) is 5.43 Å². The van der Waals surface area contributed by atoms with E-state index in [1.807, 2.05) is 25.1 Å². The number of aromatic hydroxyl groups is 1. The molecule has 4 aromatic carbocycles. The van der Waals surface area contributed by atoms with Gasteiger partial charge in [-0.05, 0) is 109 Å². The van der Waals surface area contributed by atoms with Gasteiger partial charge >= 0.3 is 0 Å². The first-order valence-corrected chi connectivity index (χ1v) is 18.2. The van der Waals surface area contributed by atoms with E-state index in [-0.39, 0.29) is 42.8 Å². The molecule has 4 aliphatic rings. The number of hydrogen-bond donors (Lipinski definition) is 2. The zero-order chi connectivity index (χ0) is 37.2. The number of carbonyl (C=O) groups excluding carboxylic acids is 4. The van der Waals surface area contributed by atoms with Crippen LogP contribution >= 0.6 is 11.6 Å². The van der Waals surface area contributed by atoms with Crippen molar-refractivity contribution >= 4 is 46.6 Å². The summed E-state index contributed by atoms with van der Waals surface area (Å²) in [6, 6.07) is 24.5. The zero-order valence-corrected chi connectivity index (χ0v) is 29.8. The monoisotopic (exact) mass is 733 g/mol. The lowest BCUT2D eigenvalue weighted by Gasteiger charge is -2.50. The van der Waals surface area contributed by atoms with Gasteiger partial charge in [-0.3, -0.25) is 29.5 Å². The van der Waals surface area contributed by atoms with Gasteiger partial charge in [-0.25, -0.2) is 4.39 Å². The quantitative estimate of drug-likeness (QED) is 0.144. The van der Waals surface area contributed by atoms with Gasteiger partial charge in [0.15, 0.2) is 11.5 Å². The van der Waals surface area contributed by atoms with Crippen molar-refractivity contribution in [1.29, 1.82) is 0 Å². The predicted octanol–water partition coefficient (Wildman–Crippen LogP) is 7.34. The number of nitrogens with one attached hydrogen (secondary N) is 1. The molecule has 53 heavy (non-hydrogen) atoms. The van der Waals surface area contributed by atoms with Crippen LogP contribution in [0.3, 0.4) is 0 Å². The van der Waals surface area contributed by atoms with E-state index in [9.17, 15) is 23.9 Å². The number of aryl methyl sites for hydroxylation is 1. The van der Waals surface area contributed by atoms with Crippen LogP contribution in [0, 0.1) is 29.5 Å². The van der Waals surface area contributed by atoms with Crippen LogP contribution in [0.15, 0.2) is 103 Å². The Bertz CT molecular complexity index is 2170. The van der Waals surface area contributed by atoms with E-state index < -0.39 is 52.6 Å². The van der Waals surface area contributed by atoms with Gasteiger partial charge in [-0.2, -0.15) is 5.01 Å². The predicted molar refractivity (Wildman–Crippen MR) is 197 cm³/mol. The lowest BCUT2D eigenvalue weighted by molar-refractivity contribution is -0.138. The minimum absolute atomic E-state index is 0.0903. The number of imide groups is 2. The van der Waals surface area contributed by atoms with Gasteiger partial charge in [0.1, 0.15) is 5.82 Å². The molecule has 8 rings (SSSR count). The van der Waals surface area contributed by atoms with Gasteiger partial charge in [-0.15, -0.1) is 0 Å². The zero-order valence-electron chi connectivity index (χ0n) is 29.1. The molecule has 0 radical (unpaired) electrons. The highest BCUT2D eigenvalue weighted by atomic mass is 35.5.